The Morgan fingerprint density at radius 2 is 1.85 bits per heavy atom. The van der Waals surface area contributed by atoms with Crippen LogP contribution in [0.25, 0.3) is 0 Å². The van der Waals surface area contributed by atoms with E-state index >= 15 is 0 Å². The van der Waals surface area contributed by atoms with Crippen molar-refractivity contribution in [1.29, 1.82) is 0 Å². The average Bonchev–Trinajstić information content (AvgIpc) is 3.06. The standard InChI is InChI=1S/C14H21NO4S/c1-4-20(16,17)13-12(14(13,15)9-18-2)10-5-7-11(19-3)8-6-10/h5-8,12-13H,4,9,15H2,1-3H3/t12-,13+,14+/m1/s1. The van der Waals surface area contributed by atoms with Crippen LogP contribution in [0.15, 0.2) is 24.3 Å². The van der Waals surface area contributed by atoms with E-state index in [1.165, 1.54) is 7.11 Å². The third-order valence-electron chi connectivity index (χ3n) is 3.96. The summed E-state index contributed by atoms with van der Waals surface area (Å²) in [7, 11) is -0.0768. The predicted molar refractivity (Wildman–Crippen MR) is 77.8 cm³/mol. The summed E-state index contributed by atoms with van der Waals surface area (Å²) in [6.07, 6.45) is 0. The number of hydrogen-bond acceptors (Lipinski definition) is 5. The summed E-state index contributed by atoms with van der Waals surface area (Å²) in [4.78, 5) is 0. The topological polar surface area (TPSA) is 78.6 Å². The van der Waals surface area contributed by atoms with Gasteiger partial charge in [0.15, 0.2) is 9.84 Å². The lowest BCUT2D eigenvalue weighted by Crippen LogP contribution is -2.36. The third-order valence-corrected chi connectivity index (χ3v) is 6.25. The van der Waals surface area contributed by atoms with Crippen molar-refractivity contribution >= 4 is 9.84 Å². The van der Waals surface area contributed by atoms with E-state index in [-0.39, 0.29) is 18.3 Å². The first-order valence-electron chi connectivity index (χ1n) is 6.54. The molecule has 1 aliphatic carbocycles. The summed E-state index contributed by atoms with van der Waals surface area (Å²) in [5.41, 5.74) is 6.35. The maximum absolute atomic E-state index is 12.2. The molecular weight excluding hydrogens is 278 g/mol. The fraction of sp³-hybridized carbons (Fsp3) is 0.571. The van der Waals surface area contributed by atoms with Crippen LogP contribution in [-0.2, 0) is 14.6 Å². The molecule has 3 atom stereocenters. The quantitative estimate of drug-likeness (QED) is 0.845. The van der Waals surface area contributed by atoms with Crippen LogP contribution < -0.4 is 10.5 Å². The predicted octanol–water partition coefficient (Wildman–Crippen LogP) is 0.940. The molecule has 6 heteroatoms. The zero-order valence-electron chi connectivity index (χ0n) is 12.0. The maximum atomic E-state index is 12.2. The van der Waals surface area contributed by atoms with Gasteiger partial charge >= 0.3 is 0 Å². The number of methoxy groups -OCH3 is 2. The molecule has 20 heavy (non-hydrogen) atoms. The number of nitrogens with two attached hydrogens (primary N) is 1. The Kier molecular flexibility index (Phi) is 4.09. The van der Waals surface area contributed by atoms with Gasteiger partial charge in [0.1, 0.15) is 5.75 Å². The van der Waals surface area contributed by atoms with E-state index in [1.807, 2.05) is 24.3 Å². The van der Waals surface area contributed by atoms with E-state index < -0.39 is 20.6 Å². The molecule has 0 unspecified atom stereocenters. The molecule has 0 bridgehead atoms. The van der Waals surface area contributed by atoms with Crippen molar-refractivity contribution in [2.45, 2.75) is 23.6 Å². The van der Waals surface area contributed by atoms with Crippen molar-refractivity contribution in [1.82, 2.24) is 0 Å². The molecule has 1 aliphatic rings. The zero-order valence-corrected chi connectivity index (χ0v) is 12.8. The molecule has 0 heterocycles. The SMILES string of the molecule is CCS(=O)(=O)[C@H]1[C@@H](c2ccc(OC)cc2)[C@@]1(N)COC. The second kappa shape index (κ2) is 5.35. The van der Waals surface area contributed by atoms with Gasteiger partial charge in [-0.25, -0.2) is 8.42 Å². The fourth-order valence-corrected chi connectivity index (χ4v) is 4.85. The lowest BCUT2D eigenvalue weighted by Gasteiger charge is -2.10. The van der Waals surface area contributed by atoms with Gasteiger partial charge in [0.2, 0.25) is 0 Å². The molecule has 1 aromatic carbocycles. The van der Waals surface area contributed by atoms with Gasteiger partial charge < -0.3 is 15.2 Å². The Morgan fingerprint density at radius 1 is 1.25 bits per heavy atom. The summed E-state index contributed by atoms with van der Waals surface area (Å²) in [5, 5.41) is -0.576. The Morgan fingerprint density at radius 3 is 2.30 bits per heavy atom. The van der Waals surface area contributed by atoms with Crippen molar-refractivity contribution in [3.05, 3.63) is 29.8 Å². The smallest absolute Gasteiger partial charge is 0.155 e. The molecule has 2 rings (SSSR count). The highest BCUT2D eigenvalue weighted by Crippen LogP contribution is 2.54. The molecule has 5 nitrogen and oxygen atoms in total. The van der Waals surface area contributed by atoms with E-state index in [2.05, 4.69) is 0 Å². The van der Waals surface area contributed by atoms with Gasteiger partial charge in [-0.15, -0.1) is 0 Å². The molecular formula is C14H21NO4S. The van der Waals surface area contributed by atoms with Crippen LogP contribution in [0, 0.1) is 0 Å². The van der Waals surface area contributed by atoms with Gasteiger partial charge in [-0.3, -0.25) is 0 Å². The molecule has 2 N–H and O–H groups in total. The van der Waals surface area contributed by atoms with Crippen molar-refractivity contribution < 1.29 is 17.9 Å². The molecule has 1 saturated carbocycles. The molecule has 0 radical (unpaired) electrons. The second-order valence-corrected chi connectivity index (χ2v) is 7.58. The molecule has 0 aromatic heterocycles. The fourth-order valence-electron chi connectivity index (χ4n) is 2.86. The Labute approximate surface area is 120 Å². The van der Waals surface area contributed by atoms with Crippen LogP contribution >= 0.6 is 0 Å². The Hall–Kier alpha value is -1.11. The van der Waals surface area contributed by atoms with Crippen LogP contribution in [0.5, 0.6) is 5.75 Å². The molecule has 0 spiro atoms. The van der Waals surface area contributed by atoms with E-state index in [0.29, 0.717) is 0 Å². The summed E-state index contributed by atoms with van der Waals surface area (Å²) in [6.45, 7) is 1.87. The number of hydrogen-bond donors (Lipinski definition) is 1. The molecule has 0 aliphatic heterocycles. The number of ether oxygens (including phenoxy) is 2. The summed E-state index contributed by atoms with van der Waals surface area (Å²) >= 11 is 0. The van der Waals surface area contributed by atoms with Gasteiger partial charge in [-0.1, -0.05) is 19.1 Å². The highest BCUT2D eigenvalue weighted by Gasteiger charge is 2.68. The average molecular weight is 299 g/mol. The van der Waals surface area contributed by atoms with Crippen LogP contribution in [0.2, 0.25) is 0 Å². The van der Waals surface area contributed by atoms with E-state index in [1.54, 1.807) is 14.0 Å². The highest BCUT2D eigenvalue weighted by molar-refractivity contribution is 7.92. The third kappa shape index (κ3) is 2.43. The van der Waals surface area contributed by atoms with E-state index in [4.69, 9.17) is 15.2 Å². The first-order valence-corrected chi connectivity index (χ1v) is 8.25. The molecule has 1 aromatic rings. The molecule has 0 saturated heterocycles. The van der Waals surface area contributed by atoms with Crippen LogP contribution in [0.3, 0.4) is 0 Å². The minimum absolute atomic E-state index is 0.0903. The lowest BCUT2D eigenvalue weighted by atomic mass is 10.1. The maximum Gasteiger partial charge on any atom is 0.155 e. The Balaban J connectivity index is 2.33. The molecule has 112 valence electrons. The number of sulfone groups is 1. The van der Waals surface area contributed by atoms with Gasteiger partial charge in [0, 0.05) is 18.8 Å². The number of benzene rings is 1. The van der Waals surface area contributed by atoms with Crippen molar-refractivity contribution in [2.75, 3.05) is 26.6 Å². The summed E-state index contributed by atoms with van der Waals surface area (Å²) in [5.74, 6) is 0.601. The minimum Gasteiger partial charge on any atom is -0.497 e. The molecule has 1 fully saturated rings. The van der Waals surface area contributed by atoms with E-state index in [9.17, 15) is 8.42 Å². The van der Waals surface area contributed by atoms with E-state index in [0.717, 1.165) is 11.3 Å². The highest BCUT2D eigenvalue weighted by atomic mass is 32.2. The van der Waals surface area contributed by atoms with Crippen LogP contribution in [0.4, 0.5) is 0 Å². The Bertz CT molecular complexity index is 569. The van der Waals surface area contributed by atoms with Gasteiger partial charge in [0.25, 0.3) is 0 Å². The largest absolute Gasteiger partial charge is 0.497 e. The van der Waals surface area contributed by atoms with Crippen LogP contribution in [-0.4, -0.2) is 45.8 Å². The van der Waals surface area contributed by atoms with Crippen molar-refractivity contribution in [2.24, 2.45) is 5.73 Å². The molecule has 0 amide bonds. The van der Waals surface area contributed by atoms with Crippen molar-refractivity contribution in [3.63, 3.8) is 0 Å². The number of rotatable bonds is 6. The second-order valence-electron chi connectivity index (χ2n) is 5.17. The normalized spacial score (nSPS) is 29.2. The monoisotopic (exact) mass is 299 g/mol. The van der Waals surface area contributed by atoms with Gasteiger partial charge in [-0.2, -0.15) is 0 Å². The van der Waals surface area contributed by atoms with Gasteiger partial charge in [-0.05, 0) is 17.7 Å². The first-order chi connectivity index (χ1) is 9.40. The summed E-state index contributed by atoms with van der Waals surface area (Å²) < 4.78 is 34.6. The lowest BCUT2D eigenvalue weighted by molar-refractivity contribution is 0.171. The van der Waals surface area contributed by atoms with Crippen molar-refractivity contribution in [3.8, 4) is 5.75 Å². The summed E-state index contributed by atoms with van der Waals surface area (Å²) in [6, 6.07) is 7.37. The van der Waals surface area contributed by atoms with Crippen LogP contribution in [0.1, 0.15) is 18.4 Å². The van der Waals surface area contributed by atoms with Gasteiger partial charge in [0.05, 0.1) is 24.5 Å². The first kappa shape index (κ1) is 15.3. The minimum atomic E-state index is -3.20. The zero-order chi connectivity index (χ0) is 15.0.